The third-order valence-electron chi connectivity index (χ3n) is 2.93. The highest BCUT2D eigenvalue weighted by Gasteiger charge is 2.33. The van der Waals surface area contributed by atoms with Crippen LogP contribution in [0, 0.1) is 13.8 Å². The first-order chi connectivity index (χ1) is 7.82. The van der Waals surface area contributed by atoms with Gasteiger partial charge in [0.2, 0.25) is 3.79 Å². The number of H-pyrrole nitrogens is 1. The monoisotopic (exact) mass is 290 g/mol. The molecule has 2 nitrogen and oxygen atoms in total. The van der Waals surface area contributed by atoms with E-state index >= 15 is 0 Å². The Kier molecular flexibility index (Phi) is 3.34. The van der Waals surface area contributed by atoms with Gasteiger partial charge in [0.1, 0.15) is 0 Å². The van der Waals surface area contributed by atoms with Crippen molar-refractivity contribution in [3.05, 3.63) is 35.0 Å². The highest BCUT2D eigenvalue weighted by molar-refractivity contribution is 6.68. The molecule has 1 unspecified atom stereocenters. The van der Waals surface area contributed by atoms with E-state index in [-0.39, 0.29) is 0 Å². The molecule has 0 radical (unpaired) electrons. The molecule has 3 N–H and O–H groups in total. The molecule has 92 valence electrons. The van der Waals surface area contributed by atoms with Gasteiger partial charge in [0.15, 0.2) is 0 Å². The van der Waals surface area contributed by atoms with Gasteiger partial charge in [-0.15, -0.1) is 0 Å². The minimum Gasteiger partial charge on any atom is -0.358 e. The van der Waals surface area contributed by atoms with E-state index in [9.17, 15) is 0 Å². The zero-order valence-electron chi connectivity index (χ0n) is 9.52. The summed E-state index contributed by atoms with van der Waals surface area (Å²) in [6, 6.07) is 5.34. The van der Waals surface area contributed by atoms with Gasteiger partial charge >= 0.3 is 0 Å². The van der Waals surface area contributed by atoms with Crippen molar-refractivity contribution in [1.82, 2.24) is 4.98 Å². The number of fused-ring (bicyclic) bond motifs is 1. The Morgan fingerprint density at radius 3 is 2.47 bits per heavy atom. The summed E-state index contributed by atoms with van der Waals surface area (Å²) in [5, 5.41) is 1.05. The first kappa shape index (κ1) is 13.0. The lowest BCUT2D eigenvalue weighted by atomic mass is 10.0. The van der Waals surface area contributed by atoms with Crippen LogP contribution in [0.25, 0.3) is 10.9 Å². The highest BCUT2D eigenvalue weighted by Crippen LogP contribution is 2.42. The van der Waals surface area contributed by atoms with Gasteiger partial charge in [-0.3, -0.25) is 0 Å². The maximum atomic E-state index is 6.04. The minimum atomic E-state index is -1.51. The van der Waals surface area contributed by atoms with Gasteiger partial charge in [-0.25, -0.2) is 0 Å². The number of benzene rings is 1. The number of hydrogen-bond acceptors (Lipinski definition) is 1. The van der Waals surface area contributed by atoms with Crippen LogP contribution in [0.3, 0.4) is 0 Å². The van der Waals surface area contributed by atoms with Crippen molar-refractivity contribution < 1.29 is 0 Å². The average Bonchev–Trinajstić information content (AvgIpc) is 2.53. The second-order valence-electron chi connectivity index (χ2n) is 4.18. The first-order valence-corrected chi connectivity index (χ1v) is 6.36. The van der Waals surface area contributed by atoms with E-state index in [0.717, 1.165) is 27.7 Å². The van der Waals surface area contributed by atoms with Crippen LogP contribution < -0.4 is 5.73 Å². The molecule has 2 aromatic rings. The molecule has 0 bridgehead atoms. The van der Waals surface area contributed by atoms with E-state index < -0.39 is 9.83 Å². The number of alkyl halides is 3. The van der Waals surface area contributed by atoms with Crippen LogP contribution >= 0.6 is 34.8 Å². The first-order valence-electron chi connectivity index (χ1n) is 5.22. The Hall–Kier alpha value is -0.410. The molecule has 0 saturated carbocycles. The fourth-order valence-electron chi connectivity index (χ4n) is 2.14. The number of nitrogens with one attached hydrogen (secondary N) is 1. The van der Waals surface area contributed by atoms with Gasteiger partial charge < -0.3 is 10.7 Å². The average molecular weight is 292 g/mol. The normalized spacial score (nSPS) is 14.2. The van der Waals surface area contributed by atoms with Crippen molar-refractivity contribution in [3.8, 4) is 0 Å². The number of aryl methyl sites for hydroxylation is 2. The van der Waals surface area contributed by atoms with Crippen LogP contribution in [-0.2, 0) is 0 Å². The maximum absolute atomic E-state index is 6.04. The van der Waals surface area contributed by atoms with Gasteiger partial charge in [0, 0.05) is 22.2 Å². The minimum absolute atomic E-state index is 0.651. The Morgan fingerprint density at radius 2 is 1.88 bits per heavy atom. The van der Waals surface area contributed by atoms with Crippen LogP contribution in [-0.4, -0.2) is 8.78 Å². The number of halogens is 3. The van der Waals surface area contributed by atoms with Crippen LogP contribution in [0.5, 0.6) is 0 Å². The summed E-state index contributed by atoms with van der Waals surface area (Å²) in [6.07, 6.45) is 0. The number of aromatic amines is 1. The van der Waals surface area contributed by atoms with Gasteiger partial charge in [-0.2, -0.15) is 0 Å². The fourth-order valence-corrected chi connectivity index (χ4v) is 2.47. The lowest BCUT2D eigenvalue weighted by Gasteiger charge is -2.21. The molecular formula is C12H13Cl3N2. The Balaban J connectivity index is 2.73. The zero-order chi connectivity index (χ0) is 12.8. The van der Waals surface area contributed by atoms with Crippen molar-refractivity contribution in [2.24, 2.45) is 5.73 Å². The lowest BCUT2D eigenvalue weighted by molar-refractivity contribution is 0.747. The third kappa shape index (κ3) is 2.27. The Morgan fingerprint density at radius 1 is 1.24 bits per heavy atom. The zero-order valence-corrected chi connectivity index (χ0v) is 11.8. The Bertz CT molecular complexity index is 555. The largest absolute Gasteiger partial charge is 0.358 e. The standard InChI is InChI=1S/C12H13Cl3N2/c1-6-4-3-5-8-9(6)10(7(2)17-8)11(16)12(13,14)15/h3-5,11,17H,16H2,1-2H3. The number of nitrogens with two attached hydrogens (primary N) is 1. The number of aromatic nitrogens is 1. The van der Waals surface area contributed by atoms with Gasteiger partial charge in [0.25, 0.3) is 0 Å². The van der Waals surface area contributed by atoms with Crippen LogP contribution in [0.2, 0.25) is 0 Å². The summed E-state index contributed by atoms with van der Waals surface area (Å²) < 4.78 is -1.51. The maximum Gasteiger partial charge on any atom is 0.209 e. The summed E-state index contributed by atoms with van der Waals surface area (Å²) in [5.74, 6) is 0. The van der Waals surface area contributed by atoms with E-state index in [1.54, 1.807) is 0 Å². The summed E-state index contributed by atoms with van der Waals surface area (Å²) in [7, 11) is 0. The van der Waals surface area contributed by atoms with E-state index in [1.807, 2.05) is 32.0 Å². The molecule has 0 saturated heterocycles. The molecule has 0 aliphatic carbocycles. The van der Waals surface area contributed by atoms with Crippen molar-refractivity contribution in [1.29, 1.82) is 0 Å². The molecule has 1 heterocycles. The van der Waals surface area contributed by atoms with Gasteiger partial charge in [-0.1, -0.05) is 46.9 Å². The van der Waals surface area contributed by atoms with Crippen molar-refractivity contribution in [2.45, 2.75) is 23.7 Å². The molecule has 0 amide bonds. The predicted molar refractivity (Wildman–Crippen MR) is 75.0 cm³/mol. The molecule has 1 atom stereocenters. The number of hydrogen-bond donors (Lipinski definition) is 2. The third-order valence-corrected chi connectivity index (χ3v) is 3.64. The summed E-state index contributed by atoms with van der Waals surface area (Å²) in [4.78, 5) is 3.26. The highest BCUT2D eigenvalue weighted by atomic mass is 35.6. The molecular weight excluding hydrogens is 279 g/mol. The van der Waals surface area contributed by atoms with Gasteiger partial charge in [-0.05, 0) is 25.5 Å². The molecule has 2 rings (SSSR count). The predicted octanol–water partition coefficient (Wildman–Crippen LogP) is 4.15. The Labute approximate surface area is 115 Å². The van der Waals surface area contributed by atoms with Crippen LogP contribution in [0.1, 0.15) is 22.9 Å². The van der Waals surface area contributed by atoms with E-state index in [0.29, 0.717) is 0 Å². The van der Waals surface area contributed by atoms with Crippen molar-refractivity contribution >= 4 is 45.7 Å². The molecule has 1 aromatic heterocycles. The van der Waals surface area contributed by atoms with Crippen LogP contribution in [0.15, 0.2) is 18.2 Å². The fraction of sp³-hybridized carbons (Fsp3) is 0.333. The second-order valence-corrected chi connectivity index (χ2v) is 6.55. The number of rotatable bonds is 1. The second kappa shape index (κ2) is 4.36. The molecule has 0 aliphatic rings. The molecule has 0 aliphatic heterocycles. The molecule has 0 fully saturated rings. The smallest absolute Gasteiger partial charge is 0.209 e. The topological polar surface area (TPSA) is 41.8 Å². The van der Waals surface area contributed by atoms with Gasteiger partial charge in [0.05, 0.1) is 6.04 Å². The molecule has 1 aromatic carbocycles. The SMILES string of the molecule is Cc1[nH]c2cccc(C)c2c1C(N)C(Cl)(Cl)Cl. The molecule has 0 spiro atoms. The molecule has 17 heavy (non-hydrogen) atoms. The summed E-state index contributed by atoms with van der Waals surface area (Å²) >= 11 is 17.7. The van der Waals surface area contributed by atoms with E-state index in [4.69, 9.17) is 40.5 Å². The van der Waals surface area contributed by atoms with E-state index in [1.165, 1.54) is 0 Å². The summed E-state index contributed by atoms with van der Waals surface area (Å²) in [5.41, 5.74) is 9.98. The van der Waals surface area contributed by atoms with E-state index in [2.05, 4.69) is 4.98 Å². The van der Waals surface area contributed by atoms with Crippen molar-refractivity contribution in [2.75, 3.05) is 0 Å². The summed E-state index contributed by atoms with van der Waals surface area (Å²) in [6.45, 7) is 3.95. The van der Waals surface area contributed by atoms with Crippen molar-refractivity contribution in [3.63, 3.8) is 0 Å². The lowest BCUT2D eigenvalue weighted by Crippen LogP contribution is -2.26. The quantitative estimate of drug-likeness (QED) is 0.761. The van der Waals surface area contributed by atoms with Crippen LogP contribution in [0.4, 0.5) is 0 Å². The molecule has 5 heteroatoms.